The van der Waals surface area contributed by atoms with Crippen molar-refractivity contribution in [2.45, 2.75) is 52.4 Å². The highest BCUT2D eigenvalue weighted by Gasteiger charge is 2.51. The molecule has 0 N–H and O–H groups in total. The molecular weight excluding hydrogens is 601 g/mol. The van der Waals surface area contributed by atoms with Crippen LogP contribution < -0.4 is 0 Å². The van der Waals surface area contributed by atoms with Crippen LogP contribution in [0.15, 0.2) is 146 Å². The summed E-state index contributed by atoms with van der Waals surface area (Å²) in [6, 6.07) is 56.6. The molecular formula is C50H42. The highest BCUT2D eigenvalue weighted by atomic mass is 14.5. The first kappa shape index (κ1) is 30.6. The van der Waals surface area contributed by atoms with E-state index in [1.807, 2.05) is 0 Å². The molecule has 2 aliphatic carbocycles. The van der Waals surface area contributed by atoms with Gasteiger partial charge in [0.15, 0.2) is 0 Å². The van der Waals surface area contributed by atoms with E-state index in [0.29, 0.717) is 0 Å². The lowest BCUT2D eigenvalue weighted by molar-refractivity contribution is 0.757. The quantitative estimate of drug-likeness (QED) is 0.179. The van der Waals surface area contributed by atoms with E-state index in [-0.39, 0.29) is 0 Å². The van der Waals surface area contributed by atoms with E-state index in [1.165, 1.54) is 100 Å². The van der Waals surface area contributed by atoms with Gasteiger partial charge in [0.05, 0.1) is 10.8 Å². The Morgan fingerprint density at radius 2 is 0.480 bits per heavy atom. The van der Waals surface area contributed by atoms with Gasteiger partial charge >= 0.3 is 0 Å². The molecule has 0 radical (unpaired) electrons. The van der Waals surface area contributed by atoms with Crippen LogP contribution in [0.1, 0.15) is 77.9 Å². The maximum Gasteiger partial charge on any atom is 0.0713 e. The number of aryl methyl sites for hydroxylation is 6. The minimum Gasteiger partial charge on any atom is -0.0590 e. The molecule has 2 aliphatic rings. The number of hydrogen-bond donors (Lipinski definition) is 0. The molecule has 7 aromatic carbocycles. The van der Waals surface area contributed by atoms with E-state index in [0.717, 1.165) is 0 Å². The van der Waals surface area contributed by atoms with Crippen molar-refractivity contribution in [2.75, 3.05) is 0 Å². The third-order valence-electron chi connectivity index (χ3n) is 11.6. The molecule has 0 amide bonds. The van der Waals surface area contributed by atoms with Crippen molar-refractivity contribution in [3.8, 4) is 22.3 Å². The predicted molar refractivity (Wildman–Crippen MR) is 209 cm³/mol. The van der Waals surface area contributed by atoms with E-state index in [9.17, 15) is 0 Å². The van der Waals surface area contributed by atoms with Crippen LogP contribution in [0.25, 0.3) is 22.3 Å². The second-order valence-corrected chi connectivity index (χ2v) is 15.0. The van der Waals surface area contributed by atoms with Gasteiger partial charge in [-0.3, -0.25) is 0 Å². The lowest BCUT2D eigenvalue weighted by atomic mass is 9.65. The van der Waals surface area contributed by atoms with Gasteiger partial charge in [0, 0.05) is 0 Å². The van der Waals surface area contributed by atoms with Crippen LogP contribution in [-0.2, 0) is 10.8 Å². The first-order valence-electron chi connectivity index (χ1n) is 17.9. The van der Waals surface area contributed by atoms with Gasteiger partial charge in [0.1, 0.15) is 0 Å². The smallest absolute Gasteiger partial charge is 0.0590 e. The fraction of sp³-hybridized carbons (Fsp3) is 0.160. The number of hydrogen-bond acceptors (Lipinski definition) is 0. The molecule has 0 saturated carbocycles. The van der Waals surface area contributed by atoms with Crippen LogP contribution in [0.2, 0.25) is 0 Å². The van der Waals surface area contributed by atoms with Crippen molar-refractivity contribution in [3.05, 3.63) is 223 Å². The van der Waals surface area contributed by atoms with Gasteiger partial charge < -0.3 is 0 Å². The zero-order valence-electron chi connectivity index (χ0n) is 29.9. The Bertz CT molecular complexity index is 2170. The van der Waals surface area contributed by atoms with Crippen molar-refractivity contribution in [2.24, 2.45) is 0 Å². The van der Waals surface area contributed by atoms with Crippen molar-refractivity contribution >= 4 is 0 Å². The molecule has 242 valence electrons. The fourth-order valence-electron chi connectivity index (χ4n) is 9.15. The summed E-state index contributed by atoms with van der Waals surface area (Å²) in [7, 11) is 0. The van der Waals surface area contributed by atoms with E-state index in [2.05, 4.69) is 187 Å². The molecule has 0 heterocycles. The molecule has 0 atom stereocenters. The van der Waals surface area contributed by atoms with E-state index >= 15 is 0 Å². The Kier molecular flexibility index (Phi) is 6.74. The predicted octanol–water partition coefficient (Wildman–Crippen LogP) is 12.3. The lowest BCUT2D eigenvalue weighted by Crippen LogP contribution is -2.30. The molecule has 0 bridgehead atoms. The second kappa shape index (κ2) is 11.0. The third kappa shape index (κ3) is 4.18. The highest BCUT2D eigenvalue weighted by molar-refractivity contribution is 5.94. The Morgan fingerprint density at radius 3 is 0.760 bits per heavy atom. The molecule has 9 rings (SSSR count). The fourth-order valence-corrected chi connectivity index (χ4v) is 9.15. The minimum atomic E-state index is -0.461. The lowest BCUT2D eigenvalue weighted by Gasteiger charge is -2.36. The van der Waals surface area contributed by atoms with Gasteiger partial charge in [0.2, 0.25) is 0 Å². The van der Waals surface area contributed by atoms with Gasteiger partial charge in [-0.2, -0.15) is 0 Å². The monoisotopic (exact) mass is 642 g/mol. The molecule has 0 aromatic heterocycles. The Balaban J connectivity index is 1.46. The van der Waals surface area contributed by atoms with Crippen LogP contribution in [0, 0.1) is 41.5 Å². The van der Waals surface area contributed by atoms with Crippen LogP contribution in [0.4, 0.5) is 0 Å². The molecule has 0 fully saturated rings. The van der Waals surface area contributed by atoms with Crippen LogP contribution >= 0.6 is 0 Å². The van der Waals surface area contributed by atoms with Gasteiger partial charge in [-0.05, 0) is 120 Å². The van der Waals surface area contributed by atoms with Gasteiger partial charge in [-0.25, -0.2) is 0 Å². The topological polar surface area (TPSA) is 0 Å². The Morgan fingerprint density at radius 1 is 0.240 bits per heavy atom. The molecule has 0 spiro atoms. The summed E-state index contributed by atoms with van der Waals surface area (Å²) < 4.78 is 0. The van der Waals surface area contributed by atoms with Crippen LogP contribution in [0.3, 0.4) is 0 Å². The molecule has 0 nitrogen and oxygen atoms in total. The van der Waals surface area contributed by atoms with Gasteiger partial charge in [0.25, 0.3) is 0 Å². The van der Waals surface area contributed by atoms with Crippen molar-refractivity contribution in [1.29, 1.82) is 0 Å². The van der Waals surface area contributed by atoms with Crippen molar-refractivity contribution in [3.63, 3.8) is 0 Å². The molecule has 0 heteroatoms. The summed E-state index contributed by atoms with van der Waals surface area (Å²) in [6.45, 7) is 13.2. The third-order valence-corrected chi connectivity index (χ3v) is 11.6. The average Bonchev–Trinajstić information content (AvgIpc) is 3.55. The Labute approximate surface area is 297 Å². The zero-order chi connectivity index (χ0) is 34.4. The molecule has 0 saturated heterocycles. The van der Waals surface area contributed by atoms with Crippen LogP contribution in [-0.4, -0.2) is 0 Å². The SMILES string of the molecule is Cc1ccc(C2(c3ccc(C)cc3)c3cc(C)ccc3-c3cc4c(cc32)-c2ccc(C)cc2C4(c2ccc(C)cc2)c2ccc(C)cc2)cc1. The largest absolute Gasteiger partial charge is 0.0713 e. The van der Waals surface area contributed by atoms with Crippen molar-refractivity contribution < 1.29 is 0 Å². The normalized spacial score (nSPS) is 14.5. The molecule has 50 heavy (non-hydrogen) atoms. The minimum absolute atomic E-state index is 0.461. The Hall–Kier alpha value is -5.46. The summed E-state index contributed by atoms with van der Waals surface area (Å²) in [4.78, 5) is 0. The van der Waals surface area contributed by atoms with E-state index < -0.39 is 10.8 Å². The first-order valence-corrected chi connectivity index (χ1v) is 17.9. The van der Waals surface area contributed by atoms with E-state index in [1.54, 1.807) is 0 Å². The first-order chi connectivity index (χ1) is 24.2. The average molecular weight is 643 g/mol. The van der Waals surface area contributed by atoms with E-state index in [4.69, 9.17) is 0 Å². The maximum atomic E-state index is 2.58. The number of fused-ring (bicyclic) bond motifs is 6. The molecule has 0 aliphatic heterocycles. The highest BCUT2D eigenvalue weighted by Crippen LogP contribution is 2.62. The number of rotatable bonds is 4. The summed E-state index contributed by atoms with van der Waals surface area (Å²) in [5.74, 6) is 0. The van der Waals surface area contributed by atoms with Gasteiger partial charge in [-0.1, -0.05) is 167 Å². The molecule has 0 unspecified atom stereocenters. The number of benzene rings is 7. The summed E-state index contributed by atoms with van der Waals surface area (Å²) in [5, 5.41) is 0. The molecule has 7 aromatic rings. The van der Waals surface area contributed by atoms with Crippen LogP contribution in [0.5, 0.6) is 0 Å². The summed E-state index contributed by atoms with van der Waals surface area (Å²) >= 11 is 0. The second-order valence-electron chi connectivity index (χ2n) is 15.0. The summed E-state index contributed by atoms with van der Waals surface area (Å²) in [6.07, 6.45) is 0. The maximum absolute atomic E-state index is 2.58. The van der Waals surface area contributed by atoms with Crippen molar-refractivity contribution in [1.82, 2.24) is 0 Å². The standard InChI is InChI=1S/C50H42/c1-31-7-17-37(18-8-31)49(38-19-9-32(2)10-20-38)45-27-35(5)15-25-41(45)43-30-48-44(29-47(43)49)42-26-16-36(6)28-46(42)50(48,39-21-11-33(3)12-22-39)40-23-13-34(4)14-24-40/h7-30H,1-6H3. The zero-order valence-corrected chi connectivity index (χ0v) is 29.9. The summed E-state index contributed by atoms with van der Waals surface area (Å²) in [5.41, 5.74) is 22.7. The van der Waals surface area contributed by atoms with Gasteiger partial charge in [-0.15, -0.1) is 0 Å².